The fourth-order valence-electron chi connectivity index (χ4n) is 1.59. The number of nitrogens with one attached hydrogen (secondary N) is 3. The number of aliphatic imine (C=N–C) groups is 1. The minimum Gasteiger partial charge on any atom is -0.357 e. The molecule has 0 aromatic heterocycles. The normalized spacial score (nSPS) is 14.8. The van der Waals surface area contributed by atoms with E-state index in [1.54, 1.807) is 0 Å². The van der Waals surface area contributed by atoms with Gasteiger partial charge in [0.25, 0.3) is 0 Å². The Morgan fingerprint density at radius 3 is 2.75 bits per heavy atom. The van der Waals surface area contributed by atoms with Gasteiger partial charge in [-0.05, 0) is 19.8 Å². The molecule has 1 aliphatic carbocycles. The van der Waals surface area contributed by atoms with E-state index in [4.69, 9.17) is 0 Å². The minimum atomic E-state index is 0.189. The SMILES string of the molecule is C=CCSCCN=C(NCC)NCCNC(=O)C1CC1. The molecule has 1 saturated carbocycles. The van der Waals surface area contributed by atoms with Crippen LogP contribution >= 0.6 is 11.8 Å². The van der Waals surface area contributed by atoms with Gasteiger partial charge in [0.05, 0.1) is 6.54 Å². The van der Waals surface area contributed by atoms with Gasteiger partial charge in [-0.25, -0.2) is 0 Å². The summed E-state index contributed by atoms with van der Waals surface area (Å²) < 4.78 is 0. The van der Waals surface area contributed by atoms with E-state index in [2.05, 4.69) is 27.5 Å². The second-order valence-corrected chi connectivity index (χ2v) is 5.77. The van der Waals surface area contributed by atoms with Gasteiger partial charge in [0.15, 0.2) is 5.96 Å². The highest BCUT2D eigenvalue weighted by Gasteiger charge is 2.28. The van der Waals surface area contributed by atoms with Crippen molar-refractivity contribution in [2.45, 2.75) is 19.8 Å². The number of carbonyl (C=O) groups excluding carboxylic acids is 1. The van der Waals surface area contributed by atoms with Crippen molar-refractivity contribution in [2.24, 2.45) is 10.9 Å². The standard InChI is InChI=1S/C14H26N4OS/c1-3-10-20-11-9-18-14(15-4-2)17-8-7-16-13(19)12-5-6-12/h3,12H,1,4-11H2,2H3,(H,16,19)(H2,15,17,18). The number of hydrogen-bond acceptors (Lipinski definition) is 3. The number of nitrogens with zero attached hydrogens (tertiary/aromatic N) is 1. The lowest BCUT2D eigenvalue weighted by Crippen LogP contribution is -2.41. The summed E-state index contributed by atoms with van der Waals surface area (Å²) in [5, 5.41) is 9.34. The van der Waals surface area contributed by atoms with Crippen LogP contribution in [-0.2, 0) is 4.79 Å². The average molecular weight is 298 g/mol. The van der Waals surface area contributed by atoms with Gasteiger partial charge in [-0.15, -0.1) is 6.58 Å². The molecule has 20 heavy (non-hydrogen) atoms. The third-order valence-electron chi connectivity index (χ3n) is 2.75. The van der Waals surface area contributed by atoms with E-state index < -0.39 is 0 Å². The molecule has 1 amide bonds. The summed E-state index contributed by atoms with van der Waals surface area (Å²) >= 11 is 1.82. The molecule has 1 rings (SSSR count). The van der Waals surface area contributed by atoms with Crippen molar-refractivity contribution in [3.8, 4) is 0 Å². The molecule has 114 valence electrons. The second-order valence-electron chi connectivity index (χ2n) is 4.62. The molecule has 0 aromatic carbocycles. The highest BCUT2D eigenvalue weighted by Crippen LogP contribution is 2.28. The van der Waals surface area contributed by atoms with Gasteiger partial charge in [-0.2, -0.15) is 11.8 Å². The predicted molar refractivity (Wildman–Crippen MR) is 87.2 cm³/mol. The Hall–Kier alpha value is -1.17. The number of rotatable bonds is 10. The first-order chi connectivity index (χ1) is 9.77. The number of carbonyl (C=O) groups is 1. The zero-order chi connectivity index (χ0) is 14.6. The van der Waals surface area contributed by atoms with E-state index in [0.717, 1.165) is 43.4 Å². The summed E-state index contributed by atoms with van der Waals surface area (Å²) in [4.78, 5) is 15.9. The molecule has 1 aliphatic rings. The van der Waals surface area contributed by atoms with Crippen LogP contribution in [0.1, 0.15) is 19.8 Å². The molecule has 0 bridgehead atoms. The van der Waals surface area contributed by atoms with E-state index in [0.29, 0.717) is 13.1 Å². The van der Waals surface area contributed by atoms with Crippen molar-refractivity contribution in [3.05, 3.63) is 12.7 Å². The molecule has 6 heteroatoms. The average Bonchev–Trinajstić information content (AvgIpc) is 3.27. The molecule has 0 heterocycles. The maximum Gasteiger partial charge on any atom is 0.223 e. The van der Waals surface area contributed by atoms with Gasteiger partial charge in [0.2, 0.25) is 5.91 Å². The maximum absolute atomic E-state index is 11.5. The van der Waals surface area contributed by atoms with E-state index in [9.17, 15) is 4.79 Å². The van der Waals surface area contributed by atoms with Crippen LogP contribution < -0.4 is 16.0 Å². The summed E-state index contributed by atoms with van der Waals surface area (Å²) in [7, 11) is 0. The third kappa shape index (κ3) is 8.09. The Balaban J connectivity index is 2.11. The van der Waals surface area contributed by atoms with Crippen LogP contribution in [0.4, 0.5) is 0 Å². The molecule has 1 fully saturated rings. The minimum absolute atomic E-state index is 0.189. The van der Waals surface area contributed by atoms with E-state index in [1.807, 2.05) is 24.8 Å². The van der Waals surface area contributed by atoms with E-state index in [-0.39, 0.29) is 11.8 Å². The Morgan fingerprint density at radius 2 is 2.10 bits per heavy atom. The Labute approximate surface area is 126 Å². The van der Waals surface area contributed by atoms with Crippen LogP contribution in [0, 0.1) is 5.92 Å². The van der Waals surface area contributed by atoms with Crippen molar-refractivity contribution in [3.63, 3.8) is 0 Å². The Morgan fingerprint density at radius 1 is 1.35 bits per heavy atom. The highest BCUT2D eigenvalue weighted by molar-refractivity contribution is 7.99. The Bertz CT molecular complexity index is 329. The number of guanidine groups is 1. The lowest BCUT2D eigenvalue weighted by molar-refractivity contribution is -0.122. The smallest absolute Gasteiger partial charge is 0.223 e. The van der Waals surface area contributed by atoms with Gasteiger partial charge < -0.3 is 16.0 Å². The molecule has 0 aromatic rings. The summed E-state index contributed by atoms with van der Waals surface area (Å²) in [5.41, 5.74) is 0. The third-order valence-corrected chi connectivity index (χ3v) is 3.69. The van der Waals surface area contributed by atoms with Crippen LogP contribution in [0.2, 0.25) is 0 Å². The van der Waals surface area contributed by atoms with Gasteiger partial charge in [0, 0.05) is 37.1 Å². The summed E-state index contributed by atoms with van der Waals surface area (Å²) in [6, 6.07) is 0. The van der Waals surface area contributed by atoms with E-state index in [1.165, 1.54) is 0 Å². The highest BCUT2D eigenvalue weighted by atomic mass is 32.2. The van der Waals surface area contributed by atoms with E-state index >= 15 is 0 Å². The van der Waals surface area contributed by atoms with Gasteiger partial charge in [0.1, 0.15) is 0 Å². The van der Waals surface area contributed by atoms with Gasteiger partial charge >= 0.3 is 0 Å². The van der Waals surface area contributed by atoms with Crippen LogP contribution in [0.25, 0.3) is 0 Å². The zero-order valence-electron chi connectivity index (χ0n) is 12.3. The van der Waals surface area contributed by atoms with Crippen molar-refractivity contribution in [1.82, 2.24) is 16.0 Å². The van der Waals surface area contributed by atoms with Crippen LogP contribution in [-0.4, -0.2) is 49.6 Å². The second kappa shape index (κ2) is 10.6. The maximum atomic E-state index is 11.5. The molecule has 0 spiro atoms. The first-order valence-corrected chi connectivity index (χ1v) is 8.42. The first kappa shape index (κ1) is 16.9. The summed E-state index contributed by atoms with van der Waals surface area (Å²) in [5.74, 6) is 3.23. The van der Waals surface area contributed by atoms with Gasteiger partial charge in [-0.1, -0.05) is 6.08 Å². The molecule has 0 aliphatic heterocycles. The first-order valence-electron chi connectivity index (χ1n) is 7.26. The number of amides is 1. The molecule has 0 saturated heterocycles. The van der Waals surface area contributed by atoms with Crippen LogP contribution in [0.15, 0.2) is 17.6 Å². The molecule has 5 nitrogen and oxygen atoms in total. The molecular formula is C14H26N4OS. The summed E-state index contributed by atoms with van der Waals surface area (Å²) in [6.45, 7) is 8.68. The van der Waals surface area contributed by atoms with Crippen LogP contribution in [0.5, 0.6) is 0 Å². The number of thioether (sulfide) groups is 1. The monoisotopic (exact) mass is 298 g/mol. The molecule has 0 unspecified atom stereocenters. The molecule has 0 radical (unpaired) electrons. The lowest BCUT2D eigenvalue weighted by Gasteiger charge is -2.11. The quantitative estimate of drug-likeness (QED) is 0.243. The van der Waals surface area contributed by atoms with Crippen molar-refractivity contribution >= 4 is 23.6 Å². The van der Waals surface area contributed by atoms with Crippen molar-refractivity contribution in [2.75, 3.05) is 37.7 Å². The topological polar surface area (TPSA) is 65.5 Å². The predicted octanol–water partition coefficient (Wildman–Crippen LogP) is 0.987. The fraction of sp³-hybridized carbons (Fsp3) is 0.714. The molecule has 3 N–H and O–H groups in total. The van der Waals surface area contributed by atoms with Crippen LogP contribution in [0.3, 0.4) is 0 Å². The largest absolute Gasteiger partial charge is 0.357 e. The zero-order valence-corrected chi connectivity index (χ0v) is 13.1. The van der Waals surface area contributed by atoms with Crippen molar-refractivity contribution in [1.29, 1.82) is 0 Å². The summed E-state index contributed by atoms with van der Waals surface area (Å²) in [6.07, 6.45) is 4.00. The van der Waals surface area contributed by atoms with Gasteiger partial charge in [-0.3, -0.25) is 9.79 Å². The van der Waals surface area contributed by atoms with Crippen molar-refractivity contribution < 1.29 is 4.79 Å². The lowest BCUT2D eigenvalue weighted by atomic mass is 10.4. The Kier molecular flexibility index (Phi) is 8.95. The fourth-order valence-corrected chi connectivity index (χ4v) is 2.14. The number of hydrogen-bond donors (Lipinski definition) is 3. The molecule has 0 atom stereocenters. The molecular weight excluding hydrogens is 272 g/mol.